The number of hydrogen-bond donors (Lipinski definition) is 0. The van der Waals surface area contributed by atoms with Gasteiger partial charge in [-0.1, -0.05) is 48.2 Å². The molecule has 2 aromatic carbocycles. The molecule has 0 fully saturated rings. The highest BCUT2D eigenvalue weighted by molar-refractivity contribution is 7.99. The standard InChI is InChI=1S/C21H16N4O2S/c26-19(27-18-11-5-2-6-12-18)15-28-21-24-23-20(16-8-7-13-22-14-16)25(21)17-9-3-1-4-10-17/h1-14H,15H2. The molecule has 0 saturated heterocycles. The van der Waals surface area contributed by atoms with Gasteiger partial charge < -0.3 is 4.74 Å². The first-order chi connectivity index (χ1) is 13.8. The molecule has 2 heterocycles. The number of carbonyl (C=O) groups excluding carboxylic acids is 1. The van der Waals surface area contributed by atoms with Gasteiger partial charge in [-0.2, -0.15) is 0 Å². The SMILES string of the molecule is O=C(CSc1nnc(-c2cccnc2)n1-c1ccccc1)Oc1ccccc1. The number of aromatic nitrogens is 4. The van der Waals surface area contributed by atoms with Gasteiger partial charge in [0, 0.05) is 23.6 Å². The summed E-state index contributed by atoms with van der Waals surface area (Å²) >= 11 is 1.28. The van der Waals surface area contributed by atoms with Crippen LogP contribution in [-0.2, 0) is 4.79 Å². The molecule has 0 N–H and O–H groups in total. The summed E-state index contributed by atoms with van der Waals surface area (Å²) < 4.78 is 7.26. The van der Waals surface area contributed by atoms with Crippen molar-refractivity contribution in [3.8, 4) is 22.8 Å². The number of rotatable bonds is 6. The van der Waals surface area contributed by atoms with Crippen molar-refractivity contribution in [2.75, 3.05) is 5.75 Å². The van der Waals surface area contributed by atoms with Gasteiger partial charge in [0.25, 0.3) is 0 Å². The molecule has 0 spiro atoms. The van der Waals surface area contributed by atoms with Crippen LogP contribution in [0.1, 0.15) is 0 Å². The Morgan fingerprint density at radius 2 is 1.68 bits per heavy atom. The van der Waals surface area contributed by atoms with Gasteiger partial charge in [-0.15, -0.1) is 10.2 Å². The van der Waals surface area contributed by atoms with Gasteiger partial charge in [0.1, 0.15) is 5.75 Å². The molecule has 0 saturated carbocycles. The van der Waals surface area contributed by atoms with Crippen molar-refractivity contribution >= 4 is 17.7 Å². The molecule has 0 aliphatic rings. The lowest BCUT2D eigenvalue weighted by Crippen LogP contribution is -2.11. The molecule has 7 heteroatoms. The summed E-state index contributed by atoms with van der Waals surface area (Å²) in [6, 6.07) is 22.6. The highest BCUT2D eigenvalue weighted by atomic mass is 32.2. The van der Waals surface area contributed by atoms with Gasteiger partial charge in [-0.25, -0.2) is 0 Å². The second-order valence-corrected chi connectivity index (χ2v) is 6.74. The molecule has 0 aliphatic carbocycles. The Labute approximate surface area is 166 Å². The molecular formula is C21H16N4O2S. The number of para-hydroxylation sites is 2. The fourth-order valence-corrected chi connectivity index (χ4v) is 3.35. The van der Waals surface area contributed by atoms with E-state index >= 15 is 0 Å². The summed E-state index contributed by atoms with van der Waals surface area (Å²) in [5.41, 5.74) is 1.75. The summed E-state index contributed by atoms with van der Waals surface area (Å²) in [6.45, 7) is 0. The fraction of sp³-hybridized carbons (Fsp3) is 0.0476. The van der Waals surface area contributed by atoms with Crippen LogP contribution in [0.3, 0.4) is 0 Å². The number of ether oxygens (including phenoxy) is 1. The van der Waals surface area contributed by atoms with Crippen LogP contribution >= 0.6 is 11.8 Å². The molecule has 0 unspecified atom stereocenters. The van der Waals surface area contributed by atoms with E-state index < -0.39 is 0 Å². The molecule has 0 bridgehead atoms. The Balaban J connectivity index is 1.59. The lowest BCUT2D eigenvalue weighted by molar-refractivity contribution is -0.131. The molecular weight excluding hydrogens is 372 g/mol. The average Bonchev–Trinajstić information content (AvgIpc) is 3.18. The smallest absolute Gasteiger partial charge is 0.321 e. The Bertz CT molecular complexity index is 1050. The van der Waals surface area contributed by atoms with Crippen LogP contribution in [0, 0.1) is 0 Å². The second-order valence-electron chi connectivity index (χ2n) is 5.79. The van der Waals surface area contributed by atoms with Gasteiger partial charge in [0.2, 0.25) is 0 Å². The average molecular weight is 388 g/mol. The van der Waals surface area contributed by atoms with Crippen molar-refractivity contribution in [3.63, 3.8) is 0 Å². The van der Waals surface area contributed by atoms with E-state index in [1.165, 1.54) is 11.8 Å². The van der Waals surface area contributed by atoms with Gasteiger partial charge in [-0.05, 0) is 36.4 Å². The normalized spacial score (nSPS) is 10.6. The molecule has 0 radical (unpaired) electrons. The molecule has 28 heavy (non-hydrogen) atoms. The number of pyridine rings is 1. The van der Waals surface area contributed by atoms with E-state index in [1.54, 1.807) is 24.5 Å². The quantitative estimate of drug-likeness (QED) is 0.282. The van der Waals surface area contributed by atoms with E-state index in [0.29, 0.717) is 16.7 Å². The van der Waals surface area contributed by atoms with Crippen molar-refractivity contribution in [2.24, 2.45) is 0 Å². The van der Waals surface area contributed by atoms with Crippen LogP contribution in [-0.4, -0.2) is 31.5 Å². The van der Waals surface area contributed by atoms with E-state index in [-0.39, 0.29) is 11.7 Å². The van der Waals surface area contributed by atoms with Crippen LogP contribution in [0.5, 0.6) is 5.75 Å². The van der Waals surface area contributed by atoms with Crippen molar-refractivity contribution in [2.45, 2.75) is 5.16 Å². The van der Waals surface area contributed by atoms with Crippen molar-refractivity contribution in [3.05, 3.63) is 85.2 Å². The van der Waals surface area contributed by atoms with E-state index in [2.05, 4.69) is 15.2 Å². The zero-order chi connectivity index (χ0) is 19.2. The lowest BCUT2D eigenvalue weighted by atomic mass is 10.2. The third-order valence-electron chi connectivity index (χ3n) is 3.86. The fourth-order valence-electron chi connectivity index (χ4n) is 2.63. The minimum atomic E-state index is -0.346. The van der Waals surface area contributed by atoms with E-state index in [1.807, 2.05) is 65.2 Å². The van der Waals surface area contributed by atoms with Crippen LogP contribution < -0.4 is 4.74 Å². The maximum Gasteiger partial charge on any atom is 0.321 e. The third kappa shape index (κ3) is 4.10. The van der Waals surface area contributed by atoms with Crippen molar-refractivity contribution in [1.82, 2.24) is 19.7 Å². The number of hydrogen-bond acceptors (Lipinski definition) is 6. The topological polar surface area (TPSA) is 69.9 Å². The number of nitrogens with zero attached hydrogens (tertiary/aromatic N) is 4. The van der Waals surface area contributed by atoms with Crippen molar-refractivity contribution in [1.29, 1.82) is 0 Å². The lowest BCUT2D eigenvalue weighted by Gasteiger charge is -2.10. The number of carbonyl (C=O) groups is 1. The minimum Gasteiger partial charge on any atom is -0.426 e. The summed E-state index contributed by atoms with van der Waals surface area (Å²) in [6.07, 6.45) is 3.45. The maximum absolute atomic E-state index is 12.2. The van der Waals surface area contributed by atoms with Crippen LogP contribution in [0.2, 0.25) is 0 Å². The minimum absolute atomic E-state index is 0.118. The highest BCUT2D eigenvalue weighted by Crippen LogP contribution is 2.27. The van der Waals surface area contributed by atoms with Gasteiger partial charge in [0.05, 0.1) is 5.75 Å². The Morgan fingerprint density at radius 3 is 2.39 bits per heavy atom. The first-order valence-corrected chi connectivity index (χ1v) is 9.59. The number of thioether (sulfide) groups is 1. The largest absolute Gasteiger partial charge is 0.426 e. The Kier molecular flexibility index (Phi) is 5.44. The molecule has 4 aromatic rings. The molecule has 4 rings (SSSR count). The maximum atomic E-state index is 12.2. The van der Waals surface area contributed by atoms with Crippen LogP contribution in [0.4, 0.5) is 0 Å². The summed E-state index contributed by atoms with van der Waals surface area (Å²) in [7, 11) is 0. The van der Waals surface area contributed by atoms with Crippen LogP contribution in [0.15, 0.2) is 90.3 Å². The molecule has 6 nitrogen and oxygen atoms in total. The molecule has 138 valence electrons. The van der Waals surface area contributed by atoms with E-state index in [9.17, 15) is 4.79 Å². The predicted molar refractivity (Wildman–Crippen MR) is 107 cm³/mol. The Morgan fingerprint density at radius 1 is 0.929 bits per heavy atom. The first-order valence-electron chi connectivity index (χ1n) is 8.61. The third-order valence-corrected chi connectivity index (χ3v) is 4.76. The predicted octanol–water partition coefficient (Wildman–Crippen LogP) is 4.03. The zero-order valence-corrected chi connectivity index (χ0v) is 15.6. The number of benzene rings is 2. The monoisotopic (exact) mass is 388 g/mol. The molecule has 0 aliphatic heterocycles. The van der Waals surface area contributed by atoms with Gasteiger partial charge in [-0.3, -0.25) is 14.3 Å². The first kappa shape index (κ1) is 17.9. The van der Waals surface area contributed by atoms with E-state index in [0.717, 1.165) is 11.3 Å². The summed E-state index contributed by atoms with van der Waals surface area (Å²) in [5.74, 6) is 0.959. The van der Waals surface area contributed by atoms with Crippen LogP contribution in [0.25, 0.3) is 17.1 Å². The number of esters is 1. The zero-order valence-electron chi connectivity index (χ0n) is 14.8. The Hall–Kier alpha value is -3.45. The van der Waals surface area contributed by atoms with Gasteiger partial charge in [0.15, 0.2) is 11.0 Å². The molecule has 0 atom stereocenters. The van der Waals surface area contributed by atoms with Crippen molar-refractivity contribution < 1.29 is 9.53 Å². The highest BCUT2D eigenvalue weighted by Gasteiger charge is 2.17. The summed E-state index contributed by atoms with van der Waals surface area (Å²) in [4.78, 5) is 16.4. The molecule has 0 amide bonds. The second kappa shape index (κ2) is 8.49. The van der Waals surface area contributed by atoms with Gasteiger partial charge >= 0.3 is 5.97 Å². The summed E-state index contributed by atoms with van der Waals surface area (Å²) in [5, 5.41) is 9.22. The molecule has 2 aromatic heterocycles. The van der Waals surface area contributed by atoms with E-state index in [4.69, 9.17) is 4.74 Å².